The lowest BCUT2D eigenvalue weighted by atomic mass is 10.0. The minimum absolute atomic E-state index is 0.233. The van der Waals surface area contributed by atoms with Crippen LogP contribution < -0.4 is 10.2 Å². The van der Waals surface area contributed by atoms with E-state index >= 15 is 0 Å². The Labute approximate surface area is 150 Å². The molecule has 0 saturated carbocycles. The Morgan fingerprint density at radius 2 is 1.73 bits per heavy atom. The smallest absolute Gasteiger partial charge is 0.273 e. The first-order valence-corrected chi connectivity index (χ1v) is 8.14. The SMILES string of the molecule is CC(C)c1ccc(N2C(=O)NC(=O)/C(=C\c3cccc(F)c3)C2=O)cc1. The molecule has 3 rings (SSSR count). The summed E-state index contributed by atoms with van der Waals surface area (Å²) in [6.45, 7) is 4.07. The number of hydrogen-bond donors (Lipinski definition) is 1. The second kappa shape index (κ2) is 6.92. The van der Waals surface area contributed by atoms with E-state index in [1.807, 2.05) is 26.0 Å². The van der Waals surface area contributed by atoms with Crippen molar-refractivity contribution in [1.82, 2.24) is 5.32 Å². The third-order valence-electron chi connectivity index (χ3n) is 4.08. The molecular formula is C20H17FN2O3. The van der Waals surface area contributed by atoms with Gasteiger partial charge >= 0.3 is 6.03 Å². The number of nitrogens with zero attached hydrogens (tertiary/aromatic N) is 1. The second-order valence-corrected chi connectivity index (χ2v) is 6.26. The van der Waals surface area contributed by atoms with E-state index in [2.05, 4.69) is 5.32 Å². The summed E-state index contributed by atoms with van der Waals surface area (Å²) in [5, 5.41) is 2.15. The minimum atomic E-state index is -0.811. The van der Waals surface area contributed by atoms with Crippen molar-refractivity contribution in [3.63, 3.8) is 0 Å². The zero-order chi connectivity index (χ0) is 18.8. The molecule has 5 nitrogen and oxygen atoms in total. The van der Waals surface area contributed by atoms with Crippen LogP contribution in [0.5, 0.6) is 0 Å². The summed E-state index contributed by atoms with van der Waals surface area (Å²) in [5.41, 5.74) is 1.54. The van der Waals surface area contributed by atoms with Gasteiger partial charge in [0.2, 0.25) is 0 Å². The third-order valence-corrected chi connectivity index (χ3v) is 4.08. The number of imide groups is 2. The number of rotatable bonds is 3. The molecule has 6 heteroatoms. The number of carbonyl (C=O) groups is 3. The van der Waals surface area contributed by atoms with Gasteiger partial charge in [0.25, 0.3) is 11.8 Å². The predicted molar refractivity (Wildman–Crippen MR) is 95.9 cm³/mol. The fourth-order valence-corrected chi connectivity index (χ4v) is 2.66. The highest BCUT2D eigenvalue weighted by Gasteiger charge is 2.36. The van der Waals surface area contributed by atoms with E-state index in [0.717, 1.165) is 10.5 Å². The highest BCUT2D eigenvalue weighted by molar-refractivity contribution is 6.39. The maximum Gasteiger partial charge on any atom is 0.335 e. The third kappa shape index (κ3) is 3.39. The van der Waals surface area contributed by atoms with Crippen molar-refractivity contribution in [2.24, 2.45) is 0 Å². The molecule has 0 aliphatic carbocycles. The number of amides is 4. The summed E-state index contributed by atoms with van der Waals surface area (Å²) in [4.78, 5) is 37.9. The summed E-state index contributed by atoms with van der Waals surface area (Å²) in [7, 11) is 0. The maximum absolute atomic E-state index is 13.3. The number of barbiturate groups is 1. The minimum Gasteiger partial charge on any atom is -0.273 e. The molecule has 2 aromatic carbocycles. The molecule has 0 radical (unpaired) electrons. The lowest BCUT2D eigenvalue weighted by molar-refractivity contribution is -0.122. The number of benzene rings is 2. The van der Waals surface area contributed by atoms with Crippen molar-refractivity contribution in [3.8, 4) is 0 Å². The van der Waals surface area contributed by atoms with Crippen LogP contribution in [-0.2, 0) is 9.59 Å². The quantitative estimate of drug-likeness (QED) is 0.678. The van der Waals surface area contributed by atoms with Crippen molar-refractivity contribution in [1.29, 1.82) is 0 Å². The summed E-state index contributed by atoms with van der Waals surface area (Å²) in [6, 6.07) is 11.6. The van der Waals surface area contributed by atoms with E-state index in [1.54, 1.807) is 18.2 Å². The monoisotopic (exact) mass is 352 g/mol. The Hall–Kier alpha value is -3.28. The molecule has 1 saturated heterocycles. The van der Waals surface area contributed by atoms with Crippen LogP contribution in [-0.4, -0.2) is 17.8 Å². The van der Waals surface area contributed by atoms with Gasteiger partial charge in [-0.1, -0.05) is 38.1 Å². The fraction of sp³-hybridized carbons (Fsp3) is 0.150. The molecule has 4 amide bonds. The van der Waals surface area contributed by atoms with Gasteiger partial charge in [0.15, 0.2) is 0 Å². The molecule has 132 valence electrons. The molecule has 1 fully saturated rings. The molecular weight excluding hydrogens is 335 g/mol. The number of urea groups is 1. The van der Waals surface area contributed by atoms with Crippen molar-refractivity contribution < 1.29 is 18.8 Å². The van der Waals surface area contributed by atoms with Gasteiger partial charge < -0.3 is 0 Å². The number of halogens is 1. The van der Waals surface area contributed by atoms with Crippen LogP contribution in [0.2, 0.25) is 0 Å². The average molecular weight is 352 g/mol. The summed E-state index contributed by atoms with van der Waals surface area (Å²) in [5.74, 6) is -1.74. The van der Waals surface area contributed by atoms with Crippen LogP contribution in [0.15, 0.2) is 54.1 Å². The van der Waals surface area contributed by atoms with Crippen molar-refractivity contribution in [2.75, 3.05) is 4.90 Å². The van der Waals surface area contributed by atoms with Crippen LogP contribution >= 0.6 is 0 Å². The molecule has 1 N–H and O–H groups in total. The maximum atomic E-state index is 13.3. The molecule has 0 atom stereocenters. The molecule has 26 heavy (non-hydrogen) atoms. The highest BCUT2D eigenvalue weighted by atomic mass is 19.1. The van der Waals surface area contributed by atoms with Gasteiger partial charge in [0.1, 0.15) is 11.4 Å². The second-order valence-electron chi connectivity index (χ2n) is 6.26. The lowest BCUT2D eigenvalue weighted by Gasteiger charge is -2.26. The normalized spacial score (nSPS) is 16.4. The fourth-order valence-electron chi connectivity index (χ4n) is 2.66. The topological polar surface area (TPSA) is 66.5 Å². The molecule has 0 unspecified atom stereocenters. The van der Waals surface area contributed by atoms with E-state index in [0.29, 0.717) is 17.2 Å². The van der Waals surface area contributed by atoms with Crippen molar-refractivity contribution in [2.45, 2.75) is 19.8 Å². The molecule has 1 aliphatic rings. The van der Waals surface area contributed by atoms with Crippen LogP contribution in [0.25, 0.3) is 6.08 Å². The molecule has 0 aromatic heterocycles. The van der Waals surface area contributed by atoms with Crippen LogP contribution in [0.4, 0.5) is 14.9 Å². The summed E-state index contributed by atoms with van der Waals surface area (Å²) >= 11 is 0. The van der Waals surface area contributed by atoms with E-state index in [1.165, 1.54) is 24.3 Å². The highest BCUT2D eigenvalue weighted by Crippen LogP contribution is 2.24. The molecule has 1 aliphatic heterocycles. The van der Waals surface area contributed by atoms with Gasteiger partial charge in [-0.15, -0.1) is 0 Å². The van der Waals surface area contributed by atoms with Crippen molar-refractivity contribution >= 4 is 29.6 Å². The van der Waals surface area contributed by atoms with Crippen LogP contribution in [0.1, 0.15) is 30.9 Å². The lowest BCUT2D eigenvalue weighted by Crippen LogP contribution is -2.54. The number of anilines is 1. The molecule has 2 aromatic rings. The Morgan fingerprint density at radius 3 is 2.35 bits per heavy atom. The zero-order valence-corrected chi connectivity index (χ0v) is 14.3. The van der Waals surface area contributed by atoms with Crippen LogP contribution in [0.3, 0.4) is 0 Å². The summed E-state index contributed by atoms with van der Waals surface area (Å²) < 4.78 is 13.3. The Bertz CT molecular complexity index is 917. The standard InChI is InChI=1S/C20H17FN2O3/c1-12(2)14-6-8-16(9-7-14)23-19(25)17(18(24)22-20(23)26)11-13-4-3-5-15(21)10-13/h3-12H,1-2H3,(H,22,24,26)/b17-11+. The number of nitrogens with one attached hydrogen (secondary N) is 1. The van der Waals surface area contributed by atoms with Gasteiger partial charge in [-0.25, -0.2) is 14.1 Å². The predicted octanol–water partition coefficient (Wildman–Crippen LogP) is 3.62. The average Bonchev–Trinajstić information content (AvgIpc) is 2.59. The molecule has 1 heterocycles. The molecule has 0 spiro atoms. The Morgan fingerprint density at radius 1 is 1.04 bits per heavy atom. The van der Waals surface area contributed by atoms with E-state index in [4.69, 9.17) is 0 Å². The Kier molecular flexibility index (Phi) is 4.67. The zero-order valence-electron chi connectivity index (χ0n) is 14.3. The van der Waals surface area contributed by atoms with Crippen molar-refractivity contribution in [3.05, 3.63) is 71.0 Å². The largest absolute Gasteiger partial charge is 0.335 e. The van der Waals surface area contributed by atoms with Gasteiger partial charge in [0, 0.05) is 0 Å². The summed E-state index contributed by atoms with van der Waals surface area (Å²) in [6.07, 6.45) is 1.27. The van der Waals surface area contributed by atoms with E-state index in [9.17, 15) is 18.8 Å². The van der Waals surface area contributed by atoms with Gasteiger partial charge in [0.05, 0.1) is 5.69 Å². The van der Waals surface area contributed by atoms with Crippen LogP contribution in [0, 0.1) is 5.82 Å². The Balaban J connectivity index is 1.98. The van der Waals surface area contributed by atoms with E-state index in [-0.39, 0.29) is 5.57 Å². The first kappa shape index (κ1) is 17.5. The molecule has 0 bridgehead atoms. The first-order valence-electron chi connectivity index (χ1n) is 8.14. The van der Waals surface area contributed by atoms with Gasteiger partial charge in [-0.3, -0.25) is 14.9 Å². The van der Waals surface area contributed by atoms with Gasteiger partial charge in [-0.2, -0.15) is 0 Å². The van der Waals surface area contributed by atoms with E-state index < -0.39 is 23.7 Å². The first-order chi connectivity index (χ1) is 12.4. The number of hydrogen-bond acceptors (Lipinski definition) is 3. The number of carbonyl (C=O) groups excluding carboxylic acids is 3. The van der Waals surface area contributed by atoms with Gasteiger partial charge in [-0.05, 0) is 47.4 Å².